The van der Waals surface area contributed by atoms with Crippen LogP contribution >= 0.6 is 11.6 Å². The Morgan fingerprint density at radius 2 is 1.89 bits per heavy atom. The van der Waals surface area contributed by atoms with Crippen LogP contribution in [0.2, 0.25) is 5.02 Å². The number of hydrogen-bond donors (Lipinski definition) is 0. The molecule has 2 aromatic carbocycles. The highest BCUT2D eigenvalue weighted by atomic mass is 35.5. The van der Waals surface area contributed by atoms with Crippen molar-refractivity contribution < 1.29 is 13.2 Å². The zero-order valence-corrected chi connectivity index (χ0v) is 16.6. The van der Waals surface area contributed by atoms with Gasteiger partial charge >= 0.3 is 0 Å². The van der Waals surface area contributed by atoms with E-state index in [-0.39, 0.29) is 11.8 Å². The van der Waals surface area contributed by atoms with E-state index in [1.54, 1.807) is 35.1 Å². The van der Waals surface area contributed by atoms with Crippen LogP contribution in [-0.2, 0) is 22.4 Å². The molecule has 1 fully saturated rings. The molecule has 1 saturated heterocycles. The Hall–Kier alpha value is -2.42. The molecular weight excluding hydrogens is 400 g/mol. The predicted molar refractivity (Wildman–Crippen MR) is 105 cm³/mol. The van der Waals surface area contributed by atoms with Gasteiger partial charge in [0.15, 0.2) is 0 Å². The van der Waals surface area contributed by atoms with Crippen LogP contribution in [0.1, 0.15) is 17.3 Å². The van der Waals surface area contributed by atoms with Gasteiger partial charge in [-0.05, 0) is 29.8 Å². The van der Waals surface area contributed by atoms with E-state index in [2.05, 4.69) is 10.3 Å². The van der Waals surface area contributed by atoms with Crippen molar-refractivity contribution >= 4 is 21.6 Å². The highest BCUT2D eigenvalue weighted by Crippen LogP contribution is 2.26. The first-order valence-electron chi connectivity index (χ1n) is 8.80. The van der Waals surface area contributed by atoms with Gasteiger partial charge < -0.3 is 4.74 Å². The van der Waals surface area contributed by atoms with Crippen molar-refractivity contribution in [1.29, 1.82) is 0 Å². The average Bonchev–Trinajstić information content (AvgIpc) is 3.07. The maximum Gasteiger partial charge on any atom is 0.218 e. The third kappa shape index (κ3) is 4.35. The number of hydrogen-bond acceptors (Lipinski definition) is 5. The molecule has 2 heterocycles. The Labute approximate surface area is 168 Å². The monoisotopic (exact) mass is 418 g/mol. The van der Waals surface area contributed by atoms with Crippen molar-refractivity contribution in [1.82, 2.24) is 19.3 Å². The van der Waals surface area contributed by atoms with Gasteiger partial charge in [-0.15, -0.1) is 5.10 Å². The van der Waals surface area contributed by atoms with Gasteiger partial charge in [0.05, 0.1) is 18.0 Å². The number of benzene rings is 2. The van der Waals surface area contributed by atoms with Crippen molar-refractivity contribution in [2.75, 3.05) is 13.1 Å². The summed E-state index contributed by atoms with van der Waals surface area (Å²) >= 11 is 5.93. The molecule has 1 aliphatic heterocycles. The molecular formula is C19H19ClN4O3S. The van der Waals surface area contributed by atoms with Gasteiger partial charge in [0.1, 0.15) is 18.1 Å². The molecule has 0 saturated carbocycles. The summed E-state index contributed by atoms with van der Waals surface area (Å²) in [6, 6.07) is 16.4. The van der Waals surface area contributed by atoms with Crippen LogP contribution in [0.15, 0.2) is 60.8 Å². The molecule has 0 bridgehead atoms. The molecule has 0 radical (unpaired) electrons. The minimum atomic E-state index is -3.39. The molecule has 28 heavy (non-hydrogen) atoms. The smallest absolute Gasteiger partial charge is 0.218 e. The first-order chi connectivity index (χ1) is 13.5. The third-order valence-corrected chi connectivity index (χ3v) is 6.54. The Balaban J connectivity index is 1.32. The number of nitrogens with zero attached hydrogens (tertiary/aromatic N) is 4. The Morgan fingerprint density at radius 1 is 1.11 bits per heavy atom. The first-order valence-corrected chi connectivity index (χ1v) is 10.8. The van der Waals surface area contributed by atoms with E-state index in [0.717, 1.165) is 5.75 Å². The lowest BCUT2D eigenvalue weighted by molar-refractivity contribution is 0.188. The Kier molecular flexibility index (Phi) is 5.34. The molecule has 146 valence electrons. The minimum Gasteiger partial charge on any atom is -0.487 e. The largest absolute Gasteiger partial charge is 0.487 e. The van der Waals surface area contributed by atoms with Crippen LogP contribution in [0.4, 0.5) is 0 Å². The standard InChI is InChI=1S/C19H19ClN4O3S/c20-16-6-4-5-15(9-16)14-28(25,26)23-11-18(12-23)24-10-17(21-22-24)13-27-19-7-2-1-3-8-19/h1-10,18H,11-14H2. The van der Waals surface area contributed by atoms with Crippen LogP contribution in [0.5, 0.6) is 5.75 Å². The summed E-state index contributed by atoms with van der Waals surface area (Å²) < 4.78 is 33.9. The summed E-state index contributed by atoms with van der Waals surface area (Å²) in [4.78, 5) is 0. The van der Waals surface area contributed by atoms with E-state index in [1.165, 1.54) is 4.31 Å². The van der Waals surface area contributed by atoms with Gasteiger partial charge in [0.2, 0.25) is 10.0 Å². The van der Waals surface area contributed by atoms with E-state index >= 15 is 0 Å². The highest BCUT2D eigenvalue weighted by Gasteiger charge is 2.37. The van der Waals surface area contributed by atoms with Crippen LogP contribution < -0.4 is 4.74 Å². The maximum atomic E-state index is 12.6. The second-order valence-electron chi connectivity index (χ2n) is 6.65. The summed E-state index contributed by atoms with van der Waals surface area (Å²) in [5.41, 5.74) is 1.38. The third-order valence-electron chi connectivity index (χ3n) is 4.52. The Morgan fingerprint density at radius 3 is 2.64 bits per heavy atom. The second kappa shape index (κ2) is 7.90. The van der Waals surface area contributed by atoms with Crippen LogP contribution in [0.25, 0.3) is 0 Å². The number of para-hydroxylation sites is 1. The SMILES string of the molecule is O=S(=O)(Cc1cccc(Cl)c1)N1CC(n2cc(COc3ccccc3)nn2)C1. The zero-order chi connectivity index (χ0) is 19.6. The minimum absolute atomic E-state index is 0.0212. The number of aromatic nitrogens is 3. The van der Waals surface area contributed by atoms with E-state index in [4.69, 9.17) is 16.3 Å². The van der Waals surface area contributed by atoms with Crippen molar-refractivity contribution in [3.63, 3.8) is 0 Å². The fourth-order valence-corrected chi connectivity index (χ4v) is 4.77. The summed E-state index contributed by atoms with van der Waals surface area (Å²) in [6.07, 6.45) is 1.80. The van der Waals surface area contributed by atoms with Gasteiger partial charge in [-0.2, -0.15) is 4.31 Å². The normalized spacial score (nSPS) is 15.3. The maximum absolute atomic E-state index is 12.6. The highest BCUT2D eigenvalue weighted by molar-refractivity contribution is 7.88. The summed E-state index contributed by atoms with van der Waals surface area (Å²) in [5, 5.41) is 8.74. The molecule has 9 heteroatoms. The fraction of sp³-hybridized carbons (Fsp3) is 0.263. The number of halogens is 1. The lowest BCUT2D eigenvalue weighted by atomic mass is 10.2. The molecule has 0 aliphatic carbocycles. The van der Waals surface area contributed by atoms with E-state index in [9.17, 15) is 8.42 Å². The molecule has 7 nitrogen and oxygen atoms in total. The molecule has 0 atom stereocenters. The Bertz CT molecular complexity index is 1050. The first kappa shape index (κ1) is 18.9. The number of ether oxygens (including phenoxy) is 1. The quantitative estimate of drug-likeness (QED) is 0.589. The van der Waals surface area contributed by atoms with Gasteiger partial charge in [0, 0.05) is 18.1 Å². The topological polar surface area (TPSA) is 77.3 Å². The van der Waals surface area contributed by atoms with Gasteiger partial charge in [0.25, 0.3) is 0 Å². The van der Waals surface area contributed by atoms with E-state index < -0.39 is 10.0 Å². The molecule has 1 aliphatic rings. The van der Waals surface area contributed by atoms with Crippen molar-refractivity contribution in [3.05, 3.63) is 77.1 Å². The molecule has 0 amide bonds. The average molecular weight is 419 g/mol. The van der Waals surface area contributed by atoms with Crippen molar-refractivity contribution in [2.24, 2.45) is 0 Å². The number of rotatable bonds is 7. The second-order valence-corrected chi connectivity index (χ2v) is 9.05. The lowest BCUT2D eigenvalue weighted by Crippen LogP contribution is -2.51. The predicted octanol–water partition coefficient (Wildman–Crippen LogP) is 2.90. The van der Waals surface area contributed by atoms with Gasteiger partial charge in [-0.25, -0.2) is 13.1 Å². The van der Waals surface area contributed by atoms with Crippen LogP contribution in [0, 0.1) is 0 Å². The van der Waals surface area contributed by atoms with Gasteiger partial charge in [-0.1, -0.05) is 47.1 Å². The zero-order valence-electron chi connectivity index (χ0n) is 15.0. The summed E-state index contributed by atoms with van der Waals surface area (Å²) in [7, 11) is -3.39. The molecule has 0 spiro atoms. The van der Waals surface area contributed by atoms with Gasteiger partial charge in [-0.3, -0.25) is 0 Å². The van der Waals surface area contributed by atoms with Crippen LogP contribution in [0.3, 0.4) is 0 Å². The molecule has 0 unspecified atom stereocenters. The van der Waals surface area contributed by atoms with Crippen molar-refractivity contribution in [3.8, 4) is 5.75 Å². The molecule has 4 rings (SSSR count). The van der Waals surface area contributed by atoms with Crippen molar-refractivity contribution in [2.45, 2.75) is 18.4 Å². The molecule has 1 aromatic heterocycles. The van der Waals surface area contributed by atoms with Crippen LogP contribution in [-0.4, -0.2) is 40.8 Å². The van der Waals surface area contributed by atoms with E-state index in [1.807, 2.05) is 30.3 Å². The van der Waals surface area contributed by atoms with E-state index in [0.29, 0.717) is 36.0 Å². The lowest BCUT2D eigenvalue weighted by Gasteiger charge is -2.37. The number of sulfonamides is 1. The molecule has 0 N–H and O–H groups in total. The summed E-state index contributed by atoms with van der Waals surface area (Å²) in [5.74, 6) is 0.701. The summed E-state index contributed by atoms with van der Waals surface area (Å²) in [6.45, 7) is 1.07. The molecule has 3 aromatic rings. The fourth-order valence-electron chi connectivity index (χ4n) is 2.97.